The molecule has 202 valence electrons. The third-order valence-electron chi connectivity index (χ3n) is 6.59. The molecule has 0 aromatic heterocycles. The summed E-state index contributed by atoms with van der Waals surface area (Å²) in [6, 6.07) is 15.1. The van der Waals surface area contributed by atoms with Gasteiger partial charge in [0.25, 0.3) is 0 Å². The van der Waals surface area contributed by atoms with E-state index < -0.39 is 29.8 Å². The molecule has 38 heavy (non-hydrogen) atoms. The maximum Gasteiger partial charge on any atom is 0.407 e. The smallest absolute Gasteiger partial charge is 0.407 e. The molecule has 0 saturated carbocycles. The van der Waals surface area contributed by atoms with Gasteiger partial charge in [0.05, 0.1) is 5.38 Å². The number of rotatable bonds is 7. The number of nitrogens with one attached hydrogen (secondary N) is 1. The maximum atomic E-state index is 13.1. The van der Waals surface area contributed by atoms with Crippen LogP contribution in [0.2, 0.25) is 0 Å². The summed E-state index contributed by atoms with van der Waals surface area (Å²) in [5.74, 6) is -1.09. The Hall–Kier alpha value is -3.32. The van der Waals surface area contributed by atoms with Gasteiger partial charge in [-0.05, 0) is 61.9 Å². The molecular formula is C30H34ClNO6. The molecule has 0 unspecified atom stereocenters. The number of amides is 1. The van der Waals surface area contributed by atoms with Crippen LogP contribution in [0.1, 0.15) is 64.0 Å². The van der Waals surface area contributed by atoms with Crippen LogP contribution in [-0.4, -0.2) is 47.8 Å². The van der Waals surface area contributed by atoms with Crippen LogP contribution in [0.25, 0.3) is 11.1 Å². The molecule has 3 atom stereocenters. The molecular weight excluding hydrogens is 506 g/mol. The number of fused-ring (bicyclic) bond motifs is 3. The number of carbonyl (C=O) groups excluding carboxylic acids is 3. The Morgan fingerprint density at radius 2 is 1.61 bits per heavy atom. The molecule has 0 heterocycles. The van der Waals surface area contributed by atoms with Crippen molar-refractivity contribution < 1.29 is 28.6 Å². The van der Waals surface area contributed by atoms with E-state index in [4.69, 9.17) is 25.8 Å². The van der Waals surface area contributed by atoms with Gasteiger partial charge >= 0.3 is 18.0 Å². The second kappa shape index (κ2) is 11.6. The quantitative estimate of drug-likeness (QED) is 0.204. The summed E-state index contributed by atoms with van der Waals surface area (Å²) >= 11 is 6.54. The molecule has 2 aromatic rings. The lowest BCUT2D eigenvalue weighted by Crippen LogP contribution is -2.45. The van der Waals surface area contributed by atoms with E-state index >= 15 is 0 Å². The summed E-state index contributed by atoms with van der Waals surface area (Å²) in [6.07, 6.45) is 1.91. The van der Waals surface area contributed by atoms with Crippen molar-refractivity contribution in [1.82, 2.24) is 5.32 Å². The van der Waals surface area contributed by atoms with E-state index in [1.165, 1.54) is 6.92 Å². The van der Waals surface area contributed by atoms with Crippen molar-refractivity contribution in [3.63, 3.8) is 0 Å². The number of hydrogen-bond donors (Lipinski definition) is 1. The monoisotopic (exact) mass is 539 g/mol. The minimum Gasteiger partial charge on any atom is -0.458 e. The van der Waals surface area contributed by atoms with Gasteiger partial charge in [0.2, 0.25) is 0 Å². The van der Waals surface area contributed by atoms with Crippen LogP contribution in [0.3, 0.4) is 0 Å². The minimum atomic E-state index is -1.02. The van der Waals surface area contributed by atoms with Crippen molar-refractivity contribution in [3.8, 4) is 11.1 Å². The molecule has 2 aromatic carbocycles. The van der Waals surface area contributed by atoms with Crippen molar-refractivity contribution in [2.24, 2.45) is 0 Å². The highest BCUT2D eigenvalue weighted by Crippen LogP contribution is 2.44. The number of alkyl carbamates (subject to hydrolysis) is 1. The molecule has 0 bridgehead atoms. The topological polar surface area (TPSA) is 90.9 Å². The number of alkyl halides is 1. The van der Waals surface area contributed by atoms with Crippen LogP contribution in [-0.2, 0) is 23.8 Å². The van der Waals surface area contributed by atoms with E-state index in [-0.39, 0.29) is 30.3 Å². The lowest BCUT2D eigenvalue weighted by Gasteiger charge is -2.29. The first-order chi connectivity index (χ1) is 18.0. The van der Waals surface area contributed by atoms with E-state index in [0.29, 0.717) is 18.4 Å². The summed E-state index contributed by atoms with van der Waals surface area (Å²) in [7, 11) is 0. The first kappa shape index (κ1) is 27.7. The number of benzene rings is 2. The summed E-state index contributed by atoms with van der Waals surface area (Å²) in [4.78, 5) is 37.5. The Bertz CT molecular complexity index is 1190. The molecule has 2 aliphatic carbocycles. The van der Waals surface area contributed by atoms with Gasteiger partial charge in [-0.2, -0.15) is 0 Å². The van der Waals surface area contributed by atoms with Gasteiger partial charge in [0, 0.05) is 19.3 Å². The van der Waals surface area contributed by atoms with Crippen molar-refractivity contribution in [1.29, 1.82) is 0 Å². The van der Waals surface area contributed by atoms with Gasteiger partial charge < -0.3 is 19.5 Å². The van der Waals surface area contributed by atoms with Crippen LogP contribution in [0.15, 0.2) is 60.2 Å². The summed E-state index contributed by atoms with van der Waals surface area (Å²) in [6.45, 7) is 6.75. The van der Waals surface area contributed by atoms with Crippen molar-refractivity contribution in [2.75, 3.05) is 6.61 Å². The Morgan fingerprint density at radius 1 is 1.00 bits per heavy atom. The average Bonchev–Trinajstić information content (AvgIpc) is 3.16. The van der Waals surface area contributed by atoms with E-state index in [1.54, 1.807) is 26.8 Å². The summed E-state index contributed by atoms with van der Waals surface area (Å²) in [5.41, 5.74) is 4.41. The van der Waals surface area contributed by atoms with Crippen molar-refractivity contribution in [3.05, 3.63) is 71.3 Å². The van der Waals surface area contributed by atoms with E-state index in [9.17, 15) is 14.4 Å². The van der Waals surface area contributed by atoms with Gasteiger partial charge in [-0.15, -0.1) is 11.6 Å². The molecule has 2 aliphatic rings. The molecule has 0 fully saturated rings. The highest BCUT2D eigenvalue weighted by molar-refractivity contribution is 6.22. The number of ether oxygens (including phenoxy) is 3. The third-order valence-corrected chi connectivity index (χ3v) is 7.09. The molecule has 0 saturated heterocycles. The molecule has 8 heteroatoms. The zero-order valence-corrected chi connectivity index (χ0v) is 22.9. The van der Waals surface area contributed by atoms with Crippen LogP contribution in [0.5, 0.6) is 0 Å². The van der Waals surface area contributed by atoms with E-state index in [0.717, 1.165) is 22.3 Å². The molecule has 0 spiro atoms. The lowest BCUT2D eigenvalue weighted by molar-refractivity contribution is -0.157. The Labute approximate surface area is 228 Å². The SMILES string of the molecule is CC(=O)O[C@@H]1C=C(C[C@H](NC(=O)OCC2c3ccccc3-c3ccccc32)C(=O)OC(C)(C)C)[C@H](Cl)CC1. The fourth-order valence-electron chi connectivity index (χ4n) is 5.01. The van der Waals surface area contributed by atoms with Gasteiger partial charge in [-0.3, -0.25) is 4.79 Å². The van der Waals surface area contributed by atoms with Crippen LogP contribution >= 0.6 is 11.6 Å². The zero-order chi connectivity index (χ0) is 27.4. The van der Waals surface area contributed by atoms with Gasteiger partial charge in [-0.25, -0.2) is 9.59 Å². The Kier molecular flexibility index (Phi) is 8.46. The predicted octanol–water partition coefficient (Wildman–Crippen LogP) is 5.88. The third kappa shape index (κ3) is 6.76. The normalized spacial score (nSPS) is 19.4. The highest BCUT2D eigenvalue weighted by atomic mass is 35.5. The molecule has 1 N–H and O–H groups in total. The number of halogens is 1. The molecule has 4 rings (SSSR count). The largest absolute Gasteiger partial charge is 0.458 e. The Morgan fingerprint density at radius 3 is 2.18 bits per heavy atom. The average molecular weight is 540 g/mol. The van der Waals surface area contributed by atoms with Crippen molar-refractivity contribution in [2.45, 2.75) is 76.0 Å². The number of carbonyl (C=O) groups is 3. The lowest BCUT2D eigenvalue weighted by atomic mass is 9.92. The second-order valence-electron chi connectivity index (χ2n) is 10.7. The van der Waals surface area contributed by atoms with Crippen LogP contribution < -0.4 is 5.32 Å². The predicted molar refractivity (Wildman–Crippen MR) is 145 cm³/mol. The molecule has 0 aliphatic heterocycles. The summed E-state index contributed by atoms with van der Waals surface area (Å²) in [5, 5.41) is 2.34. The first-order valence-electron chi connectivity index (χ1n) is 12.9. The zero-order valence-electron chi connectivity index (χ0n) is 22.2. The van der Waals surface area contributed by atoms with E-state index in [2.05, 4.69) is 17.4 Å². The minimum absolute atomic E-state index is 0.106. The molecule has 7 nitrogen and oxygen atoms in total. The summed E-state index contributed by atoms with van der Waals surface area (Å²) < 4.78 is 16.6. The van der Waals surface area contributed by atoms with Crippen molar-refractivity contribution >= 4 is 29.6 Å². The second-order valence-corrected chi connectivity index (χ2v) is 11.2. The highest BCUT2D eigenvalue weighted by Gasteiger charge is 2.33. The van der Waals surface area contributed by atoms with Gasteiger partial charge in [-0.1, -0.05) is 54.1 Å². The fourth-order valence-corrected chi connectivity index (χ4v) is 5.30. The fraction of sp³-hybridized carbons (Fsp3) is 0.433. The first-order valence-corrected chi connectivity index (χ1v) is 13.3. The maximum absolute atomic E-state index is 13.1. The van der Waals surface area contributed by atoms with Gasteiger partial charge in [0.1, 0.15) is 24.4 Å². The Balaban J connectivity index is 1.48. The van der Waals surface area contributed by atoms with Crippen LogP contribution in [0.4, 0.5) is 4.79 Å². The molecule has 0 radical (unpaired) electrons. The number of hydrogen-bond acceptors (Lipinski definition) is 6. The van der Waals surface area contributed by atoms with E-state index in [1.807, 2.05) is 36.4 Å². The molecule has 1 amide bonds. The number of esters is 2. The van der Waals surface area contributed by atoms with Crippen LogP contribution in [0, 0.1) is 0 Å². The van der Waals surface area contributed by atoms with Gasteiger partial charge in [0.15, 0.2) is 0 Å². The standard InChI is InChI=1S/C30H34ClNO6/c1-18(33)37-20-13-14-26(31)19(15-20)16-27(28(34)38-30(2,3)4)32-29(35)36-17-25-23-11-7-5-9-21(23)22-10-6-8-12-24(22)25/h5-12,15,20,25-27H,13-14,16-17H2,1-4H3,(H,32,35)/t20-,26+,27-/m0/s1.